The number of nitrogens with one attached hydrogen (secondary N) is 1. The highest BCUT2D eigenvalue weighted by Gasteiger charge is 2.06. The number of benzene rings is 3. The van der Waals surface area contributed by atoms with Crippen molar-refractivity contribution in [2.75, 3.05) is 12.4 Å². The van der Waals surface area contributed by atoms with Gasteiger partial charge in [0.05, 0.1) is 12.8 Å². The van der Waals surface area contributed by atoms with Crippen LogP contribution in [0.15, 0.2) is 78.9 Å². The maximum absolute atomic E-state index is 12.3. The van der Waals surface area contributed by atoms with Crippen LogP contribution in [-0.2, 0) is 11.4 Å². The van der Waals surface area contributed by atoms with Crippen molar-refractivity contribution in [2.24, 2.45) is 0 Å². The lowest BCUT2D eigenvalue weighted by molar-refractivity contribution is -0.111. The Morgan fingerprint density at radius 2 is 1.71 bits per heavy atom. The largest absolute Gasteiger partial charge is 0.497 e. The van der Waals surface area contributed by atoms with E-state index in [1.54, 1.807) is 19.3 Å². The van der Waals surface area contributed by atoms with Crippen LogP contribution in [0.5, 0.6) is 11.5 Å². The van der Waals surface area contributed by atoms with Gasteiger partial charge in [0, 0.05) is 11.1 Å². The Balaban J connectivity index is 1.62. The first-order valence-electron chi connectivity index (χ1n) is 8.73. The molecular formula is C23H20ClNO3. The Morgan fingerprint density at radius 1 is 1.00 bits per heavy atom. The molecule has 0 atom stereocenters. The molecule has 0 radical (unpaired) electrons. The predicted molar refractivity (Wildman–Crippen MR) is 113 cm³/mol. The summed E-state index contributed by atoms with van der Waals surface area (Å²) in [5.41, 5.74) is 2.51. The fourth-order valence-corrected chi connectivity index (χ4v) is 2.62. The van der Waals surface area contributed by atoms with Crippen LogP contribution in [0, 0.1) is 0 Å². The van der Waals surface area contributed by atoms with Crippen molar-refractivity contribution in [3.05, 3.63) is 95.0 Å². The molecule has 0 bridgehead atoms. The number of halogens is 1. The molecule has 4 nitrogen and oxygen atoms in total. The van der Waals surface area contributed by atoms with E-state index < -0.39 is 0 Å². The Morgan fingerprint density at radius 3 is 2.43 bits per heavy atom. The number of anilines is 1. The first kappa shape index (κ1) is 19.5. The Bertz CT molecular complexity index is 950. The summed E-state index contributed by atoms with van der Waals surface area (Å²) in [7, 11) is 1.62. The van der Waals surface area contributed by atoms with Crippen molar-refractivity contribution < 1.29 is 14.3 Å². The number of amides is 1. The minimum atomic E-state index is -0.238. The van der Waals surface area contributed by atoms with Crippen LogP contribution in [0.25, 0.3) is 6.08 Å². The summed E-state index contributed by atoms with van der Waals surface area (Å²) in [5.74, 6) is 1.13. The molecule has 0 heterocycles. The second kappa shape index (κ2) is 9.62. The van der Waals surface area contributed by atoms with Crippen molar-refractivity contribution in [3.8, 4) is 11.5 Å². The molecule has 0 fully saturated rings. The number of carbonyl (C=O) groups is 1. The van der Waals surface area contributed by atoms with Crippen LogP contribution in [0.4, 0.5) is 5.69 Å². The summed E-state index contributed by atoms with van der Waals surface area (Å²) < 4.78 is 11.0. The monoisotopic (exact) mass is 393 g/mol. The normalized spacial score (nSPS) is 10.6. The van der Waals surface area contributed by atoms with Gasteiger partial charge in [-0.3, -0.25) is 4.79 Å². The van der Waals surface area contributed by atoms with E-state index in [4.69, 9.17) is 21.1 Å². The summed E-state index contributed by atoms with van der Waals surface area (Å²) in [6.07, 6.45) is 3.23. The lowest BCUT2D eigenvalue weighted by Gasteiger charge is -2.11. The zero-order valence-electron chi connectivity index (χ0n) is 15.4. The molecule has 0 saturated carbocycles. The van der Waals surface area contributed by atoms with Gasteiger partial charge in [-0.25, -0.2) is 0 Å². The molecule has 1 N–H and O–H groups in total. The summed E-state index contributed by atoms with van der Waals surface area (Å²) in [5, 5.41) is 3.53. The summed E-state index contributed by atoms with van der Waals surface area (Å²) in [6, 6.07) is 22.2. The van der Waals surface area contributed by atoms with E-state index in [0.29, 0.717) is 23.1 Å². The van der Waals surface area contributed by atoms with Gasteiger partial charge in [-0.2, -0.15) is 0 Å². The zero-order valence-corrected chi connectivity index (χ0v) is 16.1. The fraction of sp³-hybridized carbons (Fsp3) is 0.0870. The molecule has 0 saturated heterocycles. The van der Waals surface area contributed by atoms with Crippen molar-refractivity contribution in [1.82, 2.24) is 0 Å². The number of ether oxygens (including phenoxy) is 2. The highest BCUT2D eigenvalue weighted by molar-refractivity contribution is 6.30. The van der Waals surface area contributed by atoms with Gasteiger partial charge < -0.3 is 14.8 Å². The Labute approximate surface area is 169 Å². The Hall–Kier alpha value is -3.24. The van der Waals surface area contributed by atoms with Crippen molar-refractivity contribution in [1.29, 1.82) is 0 Å². The molecule has 0 aliphatic rings. The van der Waals surface area contributed by atoms with Gasteiger partial charge in [0.2, 0.25) is 5.91 Å². The van der Waals surface area contributed by atoms with Gasteiger partial charge in [-0.05, 0) is 53.6 Å². The van der Waals surface area contributed by atoms with E-state index in [-0.39, 0.29) is 5.91 Å². The quantitative estimate of drug-likeness (QED) is 0.533. The molecule has 142 valence electrons. The van der Waals surface area contributed by atoms with E-state index in [9.17, 15) is 4.79 Å². The lowest BCUT2D eigenvalue weighted by Crippen LogP contribution is -2.09. The van der Waals surface area contributed by atoms with Gasteiger partial charge in [-0.15, -0.1) is 0 Å². The van der Waals surface area contributed by atoms with Crippen LogP contribution < -0.4 is 14.8 Å². The van der Waals surface area contributed by atoms with Crippen molar-refractivity contribution >= 4 is 29.3 Å². The molecule has 3 rings (SSSR count). The molecule has 0 aliphatic heterocycles. The minimum absolute atomic E-state index is 0.238. The van der Waals surface area contributed by atoms with E-state index in [1.807, 2.05) is 66.7 Å². The highest BCUT2D eigenvalue weighted by Crippen LogP contribution is 2.25. The van der Waals surface area contributed by atoms with Gasteiger partial charge in [-0.1, -0.05) is 48.0 Å². The molecule has 0 unspecified atom stereocenters. The highest BCUT2D eigenvalue weighted by atomic mass is 35.5. The van der Waals surface area contributed by atoms with E-state index in [2.05, 4.69) is 5.32 Å². The van der Waals surface area contributed by atoms with Gasteiger partial charge >= 0.3 is 0 Å². The smallest absolute Gasteiger partial charge is 0.248 e. The Kier molecular flexibility index (Phi) is 6.71. The van der Waals surface area contributed by atoms with Crippen LogP contribution in [-0.4, -0.2) is 13.0 Å². The molecule has 28 heavy (non-hydrogen) atoms. The topological polar surface area (TPSA) is 47.6 Å². The molecule has 0 spiro atoms. The van der Waals surface area contributed by atoms with E-state index >= 15 is 0 Å². The standard InChI is InChI=1S/C23H20ClNO3/c1-27-20-13-8-17(9-14-20)10-15-23(26)25-21-4-2-3-5-22(21)28-16-18-6-11-19(24)12-7-18/h2-15H,16H2,1H3,(H,25,26)/b15-10+. The van der Waals surface area contributed by atoms with Crippen molar-refractivity contribution in [2.45, 2.75) is 6.61 Å². The second-order valence-electron chi connectivity index (χ2n) is 6.01. The van der Waals surface area contributed by atoms with Gasteiger partial charge in [0.1, 0.15) is 18.1 Å². The first-order chi connectivity index (χ1) is 13.6. The summed E-state index contributed by atoms with van der Waals surface area (Å²) >= 11 is 5.90. The van der Waals surface area contributed by atoms with E-state index in [0.717, 1.165) is 16.9 Å². The van der Waals surface area contributed by atoms with Gasteiger partial charge in [0.15, 0.2) is 0 Å². The summed E-state index contributed by atoms with van der Waals surface area (Å²) in [4.78, 5) is 12.3. The molecule has 3 aromatic carbocycles. The average Bonchev–Trinajstić information content (AvgIpc) is 2.73. The lowest BCUT2D eigenvalue weighted by atomic mass is 10.2. The van der Waals surface area contributed by atoms with Crippen LogP contribution in [0.1, 0.15) is 11.1 Å². The summed E-state index contributed by atoms with van der Waals surface area (Å²) in [6.45, 7) is 0.381. The molecule has 3 aromatic rings. The zero-order chi connectivity index (χ0) is 19.8. The molecule has 5 heteroatoms. The second-order valence-corrected chi connectivity index (χ2v) is 6.44. The number of rotatable bonds is 7. The predicted octanol–water partition coefficient (Wildman–Crippen LogP) is 5.58. The number of methoxy groups -OCH3 is 1. The third-order valence-electron chi connectivity index (χ3n) is 4.00. The van der Waals surface area contributed by atoms with Gasteiger partial charge in [0.25, 0.3) is 0 Å². The van der Waals surface area contributed by atoms with Crippen LogP contribution in [0.2, 0.25) is 5.02 Å². The number of para-hydroxylation sites is 2. The number of hydrogen-bond donors (Lipinski definition) is 1. The molecule has 0 aliphatic carbocycles. The number of carbonyl (C=O) groups excluding carboxylic acids is 1. The maximum atomic E-state index is 12.3. The van der Waals surface area contributed by atoms with Crippen LogP contribution in [0.3, 0.4) is 0 Å². The number of hydrogen-bond acceptors (Lipinski definition) is 3. The third-order valence-corrected chi connectivity index (χ3v) is 4.25. The van der Waals surface area contributed by atoms with Crippen molar-refractivity contribution in [3.63, 3.8) is 0 Å². The SMILES string of the molecule is COc1ccc(/C=C/C(=O)Nc2ccccc2OCc2ccc(Cl)cc2)cc1. The average molecular weight is 394 g/mol. The molecule has 0 aromatic heterocycles. The van der Waals surface area contributed by atoms with Crippen LogP contribution >= 0.6 is 11.6 Å². The fourth-order valence-electron chi connectivity index (χ4n) is 2.50. The molecular weight excluding hydrogens is 374 g/mol. The minimum Gasteiger partial charge on any atom is -0.497 e. The first-order valence-corrected chi connectivity index (χ1v) is 9.11. The third kappa shape index (κ3) is 5.63. The maximum Gasteiger partial charge on any atom is 0.248 e. The van der Waals surface area contributed by atoms with E-state index in [1.165, 1.54) is 6.08 Å². The molecule has 1 amide bonds.